The van der Waals surface area contributed by atoms with Crippen LogP contribution in [-0.2, 0) is 44.9 Å². The van der Waals surface area contributed by atoms with Crippen LogP contribution in [0.5, 0.6) is 0 Å². The number of unbranched alkanes of at least 4 members (excludes halogenated alkanes) is 1. The Balaban J connectivity index is 1.15. The van der Waals surface area contributed by atoms with Crippen molar-refractivity contribution in [3.8, 4) is 0 Å². The van der Waals surface area contributed by atoms with Crippen LogP contribution in [0.1, 0.15) is 47.9 Å². The molecule has 1 atom stereocenters. The Kier molecular flexibility index (Phi) is 9.27. The molecule has 7 nitrogen and oxygen atoms in total. The van der Waals surface area contributed by atoms with E-state index in [4.69, 9.17) is 10.6 Å². The van der Waals surface area contributed by atoms with Gasteiger partial charge in [0.2, 0.25) is 5.91 Å². The first kappa shape index (κ1) is 27.1. The van der Waals surface area contributed by atoms with Gasteiger partial charge in [-0.05, 0) is 67.2 Å². The Morgan fingerprint density at radius 3 is 1.87 bits per heavy atom. The number of aryl methyl sites for hydroxylation is 2. The van der Waals surface area contributed by atoms with Crippen molar-refractivity contribution in [3.05, 3.63) is 107 Å². The van der Waals surface area contributed by atoms with Gasteiger partial charge in [-0.15, -0.1) is 0 Å². The van der Waals surface area contributed by atoms with Crippen molar-refractivity contribution in [1.29, 1.82) is 0 Å². The molecule has 1 aliphatic rings. The molecule has 4 rings (SSSR count). The van der Waals surface area contributed by atoms with Gasteiger partial charge in [-0.2, -0.15) is 5.48 Å². The van der Waals surface area contributed by atoms with Gasteiger partial charge in [0.15, 0.2) is 0 Å². The Labute approximate surface area is 223 Å². The van der Waals surface area contributed by atoms with E-state index in [-0.39, 0.29) is 6.42 Å². The molecule has 7 heteroatoms. The van der Waals surface area contributed by atoms with Gasteiger partial charge < -0.3 is 15.9 Å². The van der Waals surface area contributed by atoms with Crippen LogP contribution in [0, 0.1) is 0 Å². The third-order valence-electron chi connectivity index (χ3n) is 6.81. The van der Waals surface area contributed by atoms with Gasteiger partial charge in [0.1, 0.15) is 5.54 Å². The minimum atomic E-state index is -1.12. The quantitative estimate of drug-likeness (QED) is 0.253. The molecule has 198 valence electrons. The van der Waals surface area contributed by atoms with Crippen molar-refractivity contribution in [2.45, 2.75) is 62.9 Å². The Hall–Kier alpha value is -3.97. The van der Waals surface area contributed by atoms with Crippen molar-refractivity contribution in [2.75, 3.05) is 0 Å². The van der Waals surface area contributed by atoms with Crippen LogP contribution in [0.4, 0.5) is 0 Å². The summed E-state index contributed by atoms with van der Waals surface area (Å²) in [6.07, 6.45) is 5.62. The van der Waals surface area contributed by atoms with Crippen LogP contribution in [0.3, 0.4) is 0 Å². The molecule has 0 radical (unpaired) electrons. The van der Waals surface area contributed by atoms with E-state index in [1.807, 2.05) is 60.7 Å². The summed E-state index contributed by atoms with van der Waals surface area (Å²) in [4.78, 5) is 42.5. The summed E-state index contributed by atoms with van der Waals surface area (Å²) in [6.45, 7) is 0. The van der Waals surface area contributed by atoms with E-state index in [1.165, 1.54) is 11.1 Å². The second-order valence-corrected chi connectivity index (χ2v) is 9.97. The highest BCUT2D eigenvalue weighted by molar-refractivity contribution is 5.93. The third kappa shape index (κ3) is 8.02. The second-order valence-electron chi connectivity index (χ2n) is 9.97. The molecule has 1 aliphatic carbocycles. The molecule has 0 unspecified atom stereocenters. The average Bonchev–Trinajstić information content (AvgIpc) is 3.72. The molecule has 4 N–H and O–H groups in total. The van der Waals surface area contributed by atoms with Gasteiger partial charge in [0, 0.05) is 0 Å². The van der Waals surface area contributed by atoms with Crippen molar-refractivity contribution in [3.63, 3.8) is 0 Å². The van der Waals surface area contributed by atoms with Gasteiger partial charge in [0.25, 0.3) is 5.91 Å². The summed E-state index contributed by atoms with van der Waals surface area (Å²) in [5.74, 6) is -1.54. The van der Waals surface area contributed by atoms with Crippen molar-refractivity contribution < 1.29 is 19.2 Å². The van der Waals surface area contributed by atoms with Gasteiger partial charge in [0.05, 0.1) is 12.5 Å². The number of hydrogen-bond acceptors (Lipinski definition) is 5. The fraction of sp³-hybridized carbons (Fsp3) is 0.323. The standard InChI is InChI=1S/C31H35N3O4/c32-27(21-25-13-5-2-6-14-25)29(36)33-31(19-20-31)30(37)38-34-28(35)22-26-17-15-24(16-18-26)12-8-7-11-23-9-3-1-4-10-23/h1-6,9-10,13-18,27H,7-8,11-12,19-22,32H2,(H,33,36)(H,34,35)/t27-/m0/s1. The molecule has 0 spiro atoms. The maximum atomic E-state index is 12.6. The average molecular weight is 514 g/mol. The van der Waals surface area contributed by atoms with Gasteiger partial charge in [-0.1, -0.05) is 84.9 Å². The van der Waals surface area contributed by atoms with Crippen molar-refractivity contribution in [1.82, 2.24) is 10.8 Å². The van der Waals surface area contributed by atoms with E-state index in [2.05, 4.69) is 35.1 Å². The van der Waals surface area contributed by atoms with Crippen LogP contribution in [-0.4, -0.2) is 29.4 Å². The van der Waals surface area contributed by atoms with E-state index in [1.54, 1.807) is 0 Å². The third-order valence-corrected chi connectivity index (χ3v) is 6.81. The molecule has 0 aromatic heterocycles. The lowest BCUT2D eigenvalue weighted by molar-refractivity contribution is -0.162. The molecular weight excluding hydrogens is 478 g/mol. The zero-order valence-corrected chi connectivity index (χ0v) is 21.5. The predicted molar refractivity (Wildman–Crippen MR) is 146 cm³/mol. The molecule has 1 fully saturated rings. The summed E-state index contributed by atoms with van der Waals surface area (Å²) in [6, 6.07) is 27.0. The molecule has 38 heavy (non-hydrogen) atoms. The number of carbonyl (C=O) groups is 3. The normalized spacial score (nSPS) is 14.2. The number of benzene rings is 3. The van der Waals surface area contributed by atoms with E-state index in [0.29, 0.717) is 19.3 Å². The zero-order valence-electron chi connectivity index (χ0n) is 21.5. The summed E-state index contributed by atoms with van der Waals surface area (Å²) in [7, 11) is 0. The van der Waals surface area contributed by atoms with Crippen molar-refractivity contribution >= 4 is 17.8 Å². The summed E-state index contributed by atoms with van der Waals surface area (Å²) in [5, 5.41) is 2.71. The van der Waals surface area contributed by atoms with E-state index in [0.717, 1.165) is 36.8 Å². The first-order valence-corrected chi connectivity index (χ1v) is 13.2. The zero-order chi connectivity index (χ0) is 26.8. The van der Waals surface area contributed by atoms with Crippen LogP contribution in [0.25, 0.3) is 0 Å². The molecule has 1 saturated carbocycles. The minimum Gasteiger partial charge on any atom is -0.339 e. The van der Waals surface area contributed by atoms with Crippen LogP contribution in [0.2, 0.25) is 0 Å². The number of amides is 2. The minimum absolute atomic E-state index is 0.0862. The molecule has 2 amide bonds. The lowest BCUT2D eigenvalue weighted by Gasteiger charge is -2.19. The number of nitrogens with one attached hydrogen (secondary N) is 2. The maximum Gasteiger partial charge on any atom is 0.357 e. The van der Waals surface area contributed by atoms with E-state index >= 15 is 0 Å². The van der Waals surface area contributed by atoms with Gasteiger partial charge in [-0.3, -0.25) is 9.59 Å². The second kappa shape index (κ2) is 13.0. The SMILES string of the molecule is N[C@@H](Cc1ccccc1)C(=O)NC1(C(=O)ONC(=O)Cc2ccc(CCCCc3ccccc3)cc2)CC1. The Bertz CT molecular complexity index is 1210. The molecule has 0 saturated heterocycles. The summed E-state index contributed by atoms with van der Waals surface area (Å²) >= 11 is 0. The van der Waals surface area contributed by atoms with E-state index in [9.17, 15) is 14.4 Å². The molecule has 3 aromatic carbocycles. The fourth-order valence-electron chi connectivity index (χ4n) is 4.34. The predicted octanol–water partition coefficient (Wildman–Crippen LogP) is 3.59. The number of carbonyl (C=O) groups excluding carboxylic acids is 3. The largest absolute Gasteiger partial charge is 0.357 e. The van der Waals surface area contributed by atoms with Crippen molar-refractivity contribution in [2.24, 2.45) is 5.73 Å². The highest BCUT2D eigenvalue weighted by Gasteiger charge is 2.53. The number of hydroxylamine groups is 1. The molecular formula is C31H35N3O4. The molecule has 0 bridgehead atoms. The number of hydrogen-bond donors (Lipinski definition) is 3. The first-order chi connectivity index (χ1) is 18.4. The molecule has 3 aromatic rings. The maximum absolute atomic E-state index is 12.6. The lowest BCUT2D eigenvalue weighted by atomic mass is 10.0. The highest BCUT2D eigenvalue weighted by atomic mass is 16.7. The monoisotopic (exact) mass is 513 g/mol. The van der Waals surface area contributed by atoms with Crippen LogP contribution < -0.4 is 16.5 Å². The Morgan fingerprint density at radius 2 is 1.29 bits per heavy atom. The van der Waals surface area contributed by atoms with Crippen LogP contribution in [0.15, 0.2) is 84.9 Å². The lowest BCUT2D eigenvalue weighted by Crippen LogP contribution is -2.52. The first-order valence-electron chi connectivity index (χ1n) is 13.2. The smallest absolute Gasteiger partial charge is 0.339 e. The fourth-order valence-corrected chi connectivity index (χ4v) is 4.34. The highest BCUT2D eigenvalue weighted by Crippen LogP contribution is 2.36. The van der Waals surface area contributed by atoms with Gasteiger partial charge >= 0.3 is 5.97 Å². The molecule has 0 aliphatic heterocycles. The summed E-state index contributed by atoms with van der Waals surface area (Å²) < 4.78 is 0. The van der Waals surface area contributed by atoms with Gasteiger partial charge in [-0.25, -0.2) is 4.79 Å². The number of rotatable bonds is 12. The molecule has 0 heterocycles. The van der Waals surface area contributed by atoms with E-state index < -0.39 is 29.4 Å². The topological polar surface area (TPSA) is 111 Å². The Morgan fingerprint density at radius 1 is 0.763 bits per heavy atom. The van der Waals surface area contributed by atoms with Crippen LogP contribution >= 0.6 is 0 Å². The number of nitrogens with two attached hydrogens (primary N) is 1. The summed E-state index contributed by atoms with van der Waals surface area (Å²) in [5.41, 5.74) is 11.5.